The normalized spacial score (nSPS) is 17.0. The van der Waals surface area contributed by atoms with Crippen LogP contribution >= 0.6 is 0 Å². The van der Waals surface area contributed by atoms with E-state index in [2.05, 4.69) is 64.7 Å². The van der Waals surface area contributed by atoms with Gasteiger partial charge in [-0.2, -0.15) is 5.11 Å². The molecule has 0 saturated heterocycles. The Morgan fingerprint density at radius 2 is 1.86 bits per heavy atom. The molecule has 0 fully saturated rings. The first-order chi connectivity index (χ1) is 14.1. The van der Waals surface area contributed by atoms with Crippen LogP contribution < -0.4 is 14.8 Å². The summed E-state index contributed by atoms with van der Waals surface area (Å²) in [5, 5.41) is 11.9. The number of azo groups is 1. The molecular formula is C23H26N4O2. The van der Waals surface area contributed by atoms with Crippen molar-refractivity contribution in [1.82, 2.24) is 5.32 Å². The third kappa shape index (κ3) is 4.47. The Kier molecular flexibility index (Phi) is 5.60. The van der Waals surface area contributed by atoms with Gasteiger partial charge in [-0.3, -0.25) is 0 Å². The molecule has 2 aromatic rings. The van der Waals surface area contributed by atoms with Crippen LogP contribution in [0.25, 0.3) is 11.6 Å². The van der Waals surface area contributed by atoms with E-state index in [-0.39, 0.29) is 12.8 Å². The van der Waals surface area contributed by atoms with Crippen LogP contribution in [-0.4, -0.2) is 31.9 Å². The summed E-state index contributed by atoms with van der Waals surface area (Å²) in [5.74, 6) is 2.64. The topological polar surface area (TPSA) is 67.6 Å². The minimum atomic E-state index is -0.148. The van der Waals surface area contributed by atoms with Crippen LogP contribution in [-0.2, 0) is 0 Å². The maximum Gasteiger partial charge on any atom is 0.237 e. The highest BCUT2D eigenvalue weighted by atomic mass is 16.7. The summed E-state index contributed by atoms with van der Waals surface area (Å²) in [4.78, 5) is 4.29. The van der Waals surface area contributed by atoms with E-state index in [1.807, 2.05) is 25.1 Å². The van der Waals surface area contributed by atoms with Crippen molar-refractivity contribution in [2.45, 2.75) is 32.7 Å². The van der Waals surface area contributed by atoms with Crippen LogP contribution in [0.3, 0.4) is 0 Å². The van der Waals surface area contributed by atoms with E-state index in [0.29, 0.717) is 11.9 Å². The van der Waals surface area contributed by atoms with E-state index in [0.717, 1.165) is 41.3 Å². The molecule has 150 valence electrons. The fourth-order valence-corrected chi connectivity index (χ4v) is 3.33. The van der Waals surface area contributed by atoms with Gasteiger partial charge < -0.3 is 14.8 Å². The highest BCUT2D eigenvalue weighted by molar-refractivity contribution is 5.85. The molecule has 0 aromatic heterocycles. The molecule has 2 heterocycles. The maximum atomic E-state index is 5.57. The average Bonchev–Trinajstić information content (AvgIpc) is 3.41. The lowest BCUT2D eigenvalue weighted by atomic mass is 9.95. The summed E-state index contributed by atoms with van der Waals surface area (Å²) in [6.45, 7) is 8.26. The molecule has 0 spiro atoms. The molecular weight excluding hydrogens is 364 g/mol. The maximum absolute atomic E-state index is 5.57. The summed E-state index contributed by atoms with van der Waals surface area (Å²) in [5.41, 5.74) is 4.54. The molecule has 0 saturated carbocycles. The first kappa shape index (κ1) is 19.2. The minimum absolute atomic E-state index is 0.148. The van der Waals surface area contributed by atoms with E-state index >= 15 is 0 Å². The molecule has 6 heteroatoms. The van der Waals surface area contributed by atoms with Gasteiger partial charge in [-0.05, 0) is 53.3 Å². The Bertz CT molecular complexity index is 961. The fraction of sp³-hybridized carbons (Fsp3) is 0.348. The number of nitrogens with one attached hydrogen (secondary N) is 1. The smallest absolute Gasteiger partial charge is 0.237 e. The van der Waals surface area contributed by atoms with Crippen molar-refractivity contribution in [1.29, 1.82) is 0 Å². The Morgan fingerprint density at radius 3 is 2.59 bits per heavy atom. The second kappa shape index (κ2) is 8.47. The molecule has 1 atom stereocenters. The molecule has 1 N–H and O–H groups in total. The second-order valence-corrected chi connectivity index (χ2v) is 7.51. The molecule has 0 aliphatic carbocycles. The molecule has 0 bridgehead atoms. The predicted octanol–water partition coefficient (Wildman–Crippen LogP) is 4.88. The minimum Gasteiger partial charge on any atom is -0.454 e. The zero-order valence-electron chi connectivity index (χ0n) is 17.1. The van der Waals surface area contributed by atoms with E-state index in [1.165, 1.54) is 5.56 Å². The molecule has 4 rings (SSSR count). The quantitative estimate of drug-likeness (QED) is 0.584. The van der Waals surface area contributed by atoms with Crippen molar-refractivity contribution in [3.05, 3.63) is 59.2 Å². The van der Waals surface area contributed by atoms with Crippen LogP contribution in [0.1, 0.15) is 43.4 Å². The van der Waals surface area contributed by atoms with Gasteiger partial charge in [-0.15, -0.1) is 5.11 Å². The van der Waals surface area contributed by atoms with Gasteiger partial charge in [0.2, 0.25) is 12.8 Å². The third-order valence-electron chi connectivity index (χ3n) is 5.06. The number of benzene rings is 2. The standard InChI is InChI=1S/C23H26N4O2/c1-15(2)18-6-4-17(5-7-18)12-20(16(3)26-27-23-24-10-11-25-23)19-8-9-21-22(13-19)29-14-28-21/h4-9,12-13,15-16H,10-11,14H2,1-3H3,(H,24,25)/b20-12+,27-26?. The van der Waals surface area contributed by atoms with Gasteiger partial charge in [0.05, 0.1) is 12.6 Å². The van der Waals surface area contributed by atoms with Gasteiger partial charge in [0.25, 0.3) is 0 Å². The number of ether oxygens (including phenoxy) is 2. The second-order valence-electron chi connectivity index (χ2n) is 7.51. The molecule has 2 aromatic carbocycles. The number of aliphatic imine (C=N–C) groups is 1. The fourth-order valence-electron chi connectivity index (χ4n) is 3.33. The number of hydrogen-bond acceptors (Lipinski definition) is 6. The van der Waals surface area contributed by atoms with Crippen molar-refractivity contribution in [3.63, 3.8) is 0 Å². The Labute approximate surface area is 171 Å². The van der Waals surface area contributed by atoms with Gasteiger partial charge in [-0.1, -0.05) is 44.2 Å². The van der Waals surface area contributed by atoms with Crippen molar-refractivity contribution in [2.24, 2.45) is 15.2 Å². The van der Waals surface area contributed by atoms with E-state index in [1.54, 1.807) is 0 Å². The highest BCUT2D eigenvalue weighted by Crippen LogP contribution is 2.36. The number of nitrogens with zero attached hydrogens (tertiary/aromatic N) is 3. The lowest BCUT2D eigenvalue weighted by Gasteiger charge is -2.13. The van der Waals surface area contributed by atoms with Crippen LogP contribution in [0.5, 0.6) is 11.5 Å². The number of rotatable bonds is 5. The van der Waals surface area contributed by atoms with Crippen LogP contribution in [0.4, 0.5) is 0 Å². The molecule has 2 aliphatic heterocycles. The van der Waals surface area contributed by atoms with Gasteiger partial charge in [0.1, 0.15) is 0 Å². The van der Waals surface area contributed by atoms with Crippen LogP contribution in [0.15, 0.2) is 57.7 Å². The molecule has 1 unspecified atom stereocenters. The Hall–Kier alpha value is -3.15. The molecule has 0 amide bonds. The number of fused-ring (bicyclic) bond motifs is 1. The Morgan fingerprint density at radius 1 is 1.07 bits per heavy atom. The van der Waals surface area contributed by atoms with Gasteiger partial charge in [0.15, 0.2) is 11.5 Å². The van der Waals surface area contributed by atoms with Gasteiger partial charge in [-0.25, -0.2) is 4.99 Å². The average molecular weight is 390 g/mol. The zero-order chi connectivity index (χ0) is 20.2. The van der Waals surface area contributed by atoms with Crippen molar-refractivity contribution in [3.8, 4) is 11.5 Å². The van der Waals surface area contributed by atoms with E-state index < -0.39 is 0 Å². The molecule has 6 nitrogen and oxygen atoms in total. The number of guanidine groups is 1. The van der Waals surface area contributed by atoms with Crippen LogP contribution in [0.2, 0.25) is 0 Å². The summed E-state index contributed by atoms with van der Waals surface area (Å²) < 4.78 is 11.0. The third-order valence-corrected chi connectivity index (χ3v) is 5.06. The molecule has 2 aliphatic rings. The van der Waals surface area contributed by atoms with Gasteiger partial charge in [0, 0.05) is 6.54 Å². The zero-order valence-corrected chi connectivity index (χ0v) is 17.1. The van der Waals surface area contributed by atoms with E-state index in [9.17, 15) is 0 Å². The lowest BCUT2D eigenvalue weighted by molar-refractivity contribution is 0.174. The summed E-state index contributed by atoms with van der Waals surface area (Å²) >= 11 is 0. The van der Waals surface area contributed by atoms with Crippen LogP contribution in [0, 0.1) is 0 Å². The Balaban J connectivity index is 1.67. The summed E-state index contributed by atoms with van der Waals surface area (Å²) in [6, 6.07) is 14.5. The number of hydrogen-bond donors (Lipinski definition) is 1. The molecule has 0 radical (unpaired) electrons. The van der Waals surface area contributed by atoms with Crippen molar-refractivity contribution in [2.75, 3.05) is 19.9 Å². The summed E-state index contributed by atoms with van der Waals surface area (Å²) in [7, 11) is 0. The van der Waals surface area contributed by atoms with Crippen molar-refractivity contribution >= 4 is 17.6 Å². The predicted molar refractivity (Wildman–Crippen MR) is 116 cm³/mol. The van der Waals surface area contributed by atoms with Crippen molar-refractivity contribution < 1.29 is 9.47 Å². The first-order valence-electron chi connectivity index (χ1n) is 10.0. The highest BCUT2D eigenvalue weighted by Gasteiger charge is 2.18. The van der Waals surface area contributed by atoms with Gasteiger partial charge >= 0.3 is 0 Å². The van der Waals surface area contributed by atoms with E-state index in [4.69, 9.17) is 9.47 Å². The first-order valence-corrected chi connectivity index (χ1v) is 10.0. The summed E-state index contributed by atoms with van der Waals surface area (Å²) in [6.07, 6.45) is 2.16. The monoisotopic (exact) mass is 390 g/mol. The molecule has 29 heavy (non-hydrogen) atoms. The lowest BCUT2D eigenvalue weighted by Crippen LogP contribution is -2.16. The largest absolute Gasteiger partial charge is 0.454 e. The SMILES string of the molecule is CC(N=NC1=NCCN1)/C(=C\c1ccc(C(C)C)cc1)c1ccc2c(c1)OCO2.